The Balaban J connectivity index is 1.73. The smallest absolute Gasteiger partial charge is 0.233 e. The summed E-state index contributed by atoms with van der Waals surface area (Å²) in [6, 6.07) is 0. The van der Waals surface area contributed by atoms with Crippen molar-refractivity contribution in [2.75, 3.05) is 39.4 Å². The largest absolute Gasteiger partial charge is 0.409 e. The number of amides is 1. The van der Waals surface area contributed by atoms with E-state index in [0.717, 1.165) is 39.3 Å². The highest BCUT2D eigenvalue weighted by Gasteiger charge is 2.51. The molecule has 2 aliphatic rings. The van der Waals surface area contributed by atoms with Gasteiger partial charge in [0, 0.05) is 19.6 Å². The van der Waals surface area contributed by atoms with E-state index in [2.05, 4.69) is 22.3 Å². The molecule has 0 unspecified atom stereocenters. The lowest BCUT2D eigenvalue weighted by molar-refractivity contribution is -0.133. The Labute approximate surface area is 125 Å². The molecule has 0 aromatic rings. The Hall–Kier alpha value is -1.34. The van der Waals surface area contributed by atoms with Gasteiger partial charge in [0.05, 0.1) is 13.2 Å². The zero-order valence-corrected chi connectivity index (χ0v) is 12.7. The highest BCUT2D eigenvalue weighted by Crippen LogP contribution is 2.45. The standard InChI is InChI=1S/C14H26N4O3/c1-11-9-14(10-11,12(15)17-20)13(19)16-3-2-4-18-5-7-21-8-6-18/h11,20H,2-10H2,1H3,(H2,15,17)(H,16,19). The molecule has 1 aliphatic carbocycles. The van der Waals surface area contributed by atoms with E-state index >= 15 is 0 Å². The van der Waals surface area contributed by atoms with Gasteiger partial charge in [-0.05, 0) is 31.7 Å². The first-order valence-corrected chi connectivity index (χ1v) is 7.65. The molecule has 0 radical (unpaired) electrons. The lowest BCUT2D eigenvalue weighted by Gasteiger charge is -2.43. The molecule has 0 atom stereocenters. The van der Waals surface area contributed by atoms with Gasteiger partial charge in [0.15, 0.2) is 5.84 Å². The number of nitrogens with two attached hydrogens (primary N) is 1. The lowest BCUT2D eigenvalue weighted by Crippen LogP contribution is -2.57. The van der Waals surface area contributed by atoms with E-state index in [1.165, 1.54) is 0 Å². The van der Waals surface area contributed by atoms with Crippen LogP contribution >= 0.6 is 0 Å². The monoisotopic (exact) mass is 298 g/mol. The molecule has 1 amide bonds. The van der Waals surface area contributed by atoms with E-state index in [-0.39, 0.29) is 11.7 Å². The summed E-state index contributed by atoms with van der Waals surface area (Å²) in [7, 11) is 0. The quantitative estimate of drug-likeness (QED) is 0.210. The van der Waals surface area contributed by atoms with Gasteiger partial charge in [0.25, 0.3) is 0 Å². The Morgan fingerprint density at radius 3 is 2.71 bits per heavy atom. The number of morpholine rings is 1. The number of carbonyl (C=O) groups is 1. The molecular weight excluding hydrogens is 272 g/mol. The van der Waals surface area contributed by atoms with E-state index in [0.29, 0.717) is 25.3 Å². The van der Waals surface area contributed by atoms with Gasteiger partial charge in [-0.2, -0.15) is 0 Å². The third-order valence-corrected chi connectivity index (χ3v) is 4.47. The molecule has 0 bridgehead atoms. The molecule has 2 fully saturated rings. The Morgan fingerprint density at radius 1 is 1.48 bits per heavy atom. The molecule has 120 valence electrons. The van der Waals surface area contributed by atoms with Crippen LogP contribution in [0.3, 0.4) is 0 Å². The van der Waals surface area contributed by atoms with Gasteiger partial charge in [0.1, 0.15) is 5.41 Å². The summed E-state index contributed by atoms with van der Waals surface area (Å²) in [5, 5.41) is 14.9. The molecule has 7 heteroatoms. The average Bonchev–Trinajstić information content (AvgIpc) is 2.48. The molecule has 1 saturated carbocycles. The Morgan fingerprint density at radius 2 is 2.14 bits per heavy atom. The molecule has 1 aliphatic heterocycles. The van der Waals surface area contributed by atoms with Crippen LogP contribution in [0.2, 0.25) is 0 Å². The van der Waals surface area contributed by atoms with Crippen LogP contribution in [0.25, 0.3) is 0 Å². The van der Waals surface area contributed by atoms with Gasteiger partial charge in [-0.25, -0.2) is 0 Å². The van der Waals surface area contributed by atoms with Crippen LogP contribution in [0.15, 0.2) is 5.16 Å². The summed E-state index contributed by atoms with van der Waals surface area (Å²) in [5.41, 5.74) is 4.92. The van der Waals surface area contributed by atoms with Gasteiger partial charge in [-0.15, -0.1) is 0 Å². The minimum Gasteiger partial charge on any atom is -0.409 e. The number of carbonyl (C=O) groups excluding carboxylic acids is 1. The number of nitrogens with one attached hydrogen (secondary N) is 1. The number of amidine groups is 1. The second-order valence-corrected chi connectivity index (χ2v) is 6.14. The molecule has 4 N–H and O–H groups in total. The lowest BCUT2D eigenvalue weighted by atomic mass is 9.61. The summed E-state index contributed by atoms with van der Waals surface area (Å²) in [6.45, 7) is 7.13. The van der Waals surface area contributed by atoms with Crippen molar-refractivity contribution in [3.63, 3.8) is 0 Å². The molecule has 1 saturated heterocycles. The summed E-state index contributed by atoms with van der Waals surface area (Å²) in [5.74, 6) is 0.355. The summed E-state index contributed by atoms with van der Waals surface area (Å²) in [6.07, 6.45) is 2.20. The van der Waals surface area contributed by atoms with Crippen LogP contribution in [0.1, 0.15) is 26.2 Å². The first kappa shape index (κ1) is 16.0. The molecule has 2 rings (SSSR count). The van der Waals surface area contributed by atoms with Crippen LogP contribution < -0.4 is 11.1 Å². The molecule has 0 aromatic carbocycles. The third-order valence-electron chi connectivity index (χ3n) is 4.47. The van der Waals surface area contributed by atoms with E-state index in [4.69, 9.17) is 15.7 Å². The second-order valence-electron chi connectivity index (χ2n) is 6.14. The topological polar surface area (TPSA) is 100 Å². The molecule has 21 heavy (non-hydrogen) atoms. The summed E-state index contributed by atoms with van der Waals surface area (Å²) < 4.78 is 5.30. The number of nitrogens with zero attached hydrogens (tertiary/aromatic N) is 2. The fourth-order valence-corrected chi connectivity index (χ4v) is 3.24. The highest BCUT2D eigenvalue weighted by molar-refractivity contribution is 6.07. The van der Waals surface area contributed by atoms with Crippen molar-refractivity contribution in [1.82, 2.24) is 10.2 Å². The highest BCUT2D eigenvalue weighted by atomic mass is 16.5. The van der Waals surface area contributed by atoms with Crippen LogP contribution in [0.4, 0.5) is 0 Å². The van der Waals surface area contributed by atoms with Gasteiger partial charge < -0.3 is 21.0 Å². The van der Waals surface area contributed by atoms with Gasteiger partial charge in [-0.1, -0.05) is 12.1 Å². The SMILES string of the molecule is CC1CC(C(=O)NCCCN2CCOCC2)(C(N)=NO)C1. The molecule has 0 aromatic heterocycles. The van der Waals surface area contributed by atoms with Crippen molar-refractivity contribution in [1.29, 1.82) is 0 Å². The first-order valence-electron chi connectivity index (χ1n) is 7.65. The summed E-state index contributed by atoms with van der Waals surface area (Å²) >= 11 is 0. The van der Waals surface area contributed by atoms with E-state index < -0.39 is 5.41 Å². The van der Waals surface area contributed by atoms with Gasteiger partial charge >= 0.3 is 0 Å². The summed E-state index contributed by atoms with van der Waals surface area (Å²) in [4.78, 5) is 14.7. The minimum absolute atomic E-state index is 0.0336. The molecule has 1 heterocycles. The Bertz CT molecular complexity index is 388. The normalized spacial score (nSPS) is 30.7. The maximum absolute atomic E-state index is 12.3. The van der Waals surface area contributed by atoms with E-state index in [1.54, 1.807) is 0 Å². The van der Waals surface area contributed by atoms with Crippen LogP contribution in [0, 0.1) is 11.3 Å². The predicted octanol–water partition coefficient (Wildman–Crippen LogP) is -0.0124. The maximum atomic E-state index is 12.3. The maximum Gasteiger partial charge on any atom is 0.233 e. The van der Waals surface area contributed by atoms with Crippen molar-refractivity contribution in [2.24, 2.45) is 22.2 Å². The number of ether oxygens (including phenoxy) is 1. The van der Waals surface area contributed by atoms with Crippen LogP contribution in [-0.4, -0.2) is 61.2 Å². The Kier molecular flexibility index (Phi) is 5.41. The predicted molar refractivity (Wildman–Crippen MR) is 79.1 cm³/mol. The fourth-order valence-electron chi connectivity index (χ4n) is 3.24. The molecular formula is C14H26N4O3. The number of hydrogen-bond donors (Lipinski definition) is 3. The zero-order valence-electron chi connectivity index (χ0n) is 12.7. The van der Waals surface area contributed by atoms with Gasteiger partial charge in [-0.3, -0.25) is 9.69 Å². The molecule has 7 nitrogen and oxygen atoms in total. The first-order chi connectivity index (χ1) is 10.1. The van der Waals surface area contributed by atoms with Crippen molar-refractivity contribution in [3.8, 4) is 0 Å². The van der Waals surface area contributed by atoms with Crippen molar-refractivity contribution in [3.05, 3.63) is 0 Å². The van der Waals surface area contributed by atoms with E-state index in [9.17, 15) is 4.79 Å². The van der Waals surface area contributed by atoms with Crippen LogP contribution in [0.5, 0.6) is 0 Å². The van der Waals surface area contributed by atoms with Crippen molar-refractivity contribution in [2.45, 2.75) is 26.2 Å². The third kappa shape index (κ3) is 3.65. The van der Waals surface area contributed by atoms with Gasteiger partial charge in [0.2, 0.25) is 5.91 Å². The zero-order chi connectivity index (χ0) is 15.3. The number of hydrogen-bond acceptors (Lipinski definition) is 5. The van der Waals surface area contributed by atoms with E-state index in [1.807, 2.05) is 0 Å². The van der Waals surface area contributed by atoms with Crippen molar-refractivity contribution >= 4 is 11.7 Å². The minimum atomic E-state index is -0.798. The molecule has 0 spiro atoms. The van der Waals surface area contributed by atoms with Crippen molar-refractivity contribution < 1.29 is 14.7 Å². The second kappa shape index (κ2) is 7.09. The fraction of sp³-hybridized carbons (Fsp3) is 0.857. The van der Waals surface area contributed by atoms with Crippen LogP contribution in [-0.2, 0) is 9.53 Å². The average molecular weight is 298 g/mol. The number of oxime groups is 1. The number of rotatable bonds is 6.